The van der Waals surface area contributed by atoms with Crippen LogP contribution in [0, 0.1) is 5.92 Å². The van der Waals surface area contributed by atoms with E-state index < -0.39 is 10.7 Å². The molecule has 0 bridgehead atoms. The molecule has 2 aromatic rings. The van der Waals surface area contributed by atoms with E-state index in [0.717, 1.165) is 42.6 Å². The van der Waals surface area contributed by atoms with E-state index >= 15 is 0 Å². The largest absolute Gasteiger partial charge is 0.475 e. The summed E-state index contributed by atoms with van der Waals surface area (Å²) in [4.78, 5) is 26.4. The molecule has 1 saturated carbocycles. The second-order valence-electron chi connectivity index (χ2n) is 7.43. The predicted molar refractivity (Wildman–Crippen MR) is 105 cm³/mol. The first-order valence-corrected chi connectivity index (χ1v) is 10.4. The Balaban J connectivity index is 1.64. The lowest BCUT2D eigenvalue weighted by molar-refractivity contribution is -0.112. The smallest absolute Gasteiger partial charge is 0.234 e. The Bertz CT molecular complexity index is 963. The number of fused-ring (bicyclic) bond motifs is 4. The van der Waals surface area contributed by atoms with Gasteiger partial charge in [-0.15, -0.1) is 0 Å². The summed E-state index contributed by atoms with van der Waals surface area (Å²) >= 11 is 1.71. The zero-order valence-electron chi connectivity index (χ0n) is 14.9. The zero-order chi connectivity index (χ0) is 18.4. The van der Waals surface area contributed by atoms with E-state index in [9.17, 15) is 9.59 Å². The van der Waals surface area contributed by atoms with E-state index in [1.165, 1.54) is 0 Å². The minimum atomic E-state index is -0.504. The lowest BCUT2D eigenvalue weighted by atomic mass is 9.80. The highest BCUT2D eigenvalue weighted by Gasteiger charge is 2.55. The third-order valence-corrected chi connectivity index (χ3v) is 7.24. The first-order valence-electron chi connectivity index (χ1n) is 9.55. The van der Waals surface area contributed by atoms with Gasteiger partial charge in [0.1, 0.15) is 5.76 Å². The molecular formula is C23H20O3S. The van der Waals surface area contributed by atoms with Gasteiger partial charge in [0.2, 0.25) is 11.6 Å². The monoisotopic (exact) mass is 376 g/mol. The first kappa shape index (κ1) is 16.8. The minimum Gasteiger partial charge on any atom is -0.475 e. The van der Waals surface area contributed by atoms with Crippen molar-refractivity contribution in [2.24, 2.45) is 5.92 Å². The van der Waals surface area contributed by atoms with Gasteiger partial charge in [0.25, 0.3) is 0 Å². The fourth-order valence-corrected chi connectivity index (χ4v) is 6.02. The zero-order valence-corrected chi connectivity index (χ0v) is 15.8. The second kappa shape index (κ2) is 6.38. The number of hydrogen-bond donors (Lipinski definition) is 0. The fourth-order valence-electron chi connectivity index (χ4n) is 4.58. The maximum Gasteiger partial charge on any atom is 0.234 e. The molecule has 0 unspecified atom stereocenters. The molecular weight excluding hydrogens is 356 g/mol. The van der Waals surface area contributed by atoms with Crippen LogP contribution in [0.4, 0.5) is 0 Å². The Hall–Kier alpha value is -2.33. The Morgan fingerprint density at radius 3 is 2.41 bits per heavy atom. The van der Waals surface area contributed by atoms with Crippen molar-refractivity contribution >= 4 is 29.1 Å². The van der Waals surface area contributed by atoms with Gasteiger partial charge in [-0.05, 0) is 31.4 Å². The van der Waals surface area contributed by atoms with Gasteiger partial charge in [-0.25, -0.2) is 0 Å². The van der Waals surface area contributed by atoms with Crippen molar-refractivity contribution in [1.29, 1.82) is 0 Å². The maximum atomic E-state index is 13.0. The van der Waals surface area contributed by atoms with Crippen LogP contribution in [0.3, 0.4) is 0 Å². The molecule has 0 amide bonds. The van der Waals surface area contributed by atoms with Crippen LogP contribution in [0.15, 0.2) is 65.1 Å². The van der Waals surface area contributed by atoms with Crippen LogP contribution in [-0.2, 0) is 9.53 Å². The molecule has 0 N–H and O–H groups in total. The number of Topliss-reactive ketones (excluding diaryl/α,β-unsaturated/α-hetero) is 2. The van der Waals surface area contributed by atoms with Gasteiger partial charge in [0, 0.05) is 21.9 Å². The van der Waals surface area contributed by atoms with E-state index in [0.29, 0.717) is 16.9 Å². The number of hydrogen-bond acceptors (Lipinski definition) is 4. The molecule has 3 nitrogen and oxygen atoms in total. The summed E-state index contributed by atoms with van der Waals surface area (Å²) < 4.78 is 6.66. The normalized spacial score (nSPS) is 26.7. The molecule has 1 aliphatic heterocycles. The molecule has 2 atom stereocenters. The van der Waals surface area contributed by atoms with Gasteiger partial charge < -0.3 is 4.74 Å². The number of rotatable bonds is 2. The molecule has 0 aromatic heterocycles. The number of ketones is 2. The van der Waals surface area contributed by atoms with Crippen LogP contribution < -0.4 is 0 Å². The van der Waals surface area contributed by atoms with Gasteiger partial charge in [0.15, 0.2) is 4.93 Å². The molecule has 5 rings (SSSR count). The van der Waals surface area contributed by atoms with Gasteiger partial charge in [-0.1, -0.05) is 67.1 Å². The topological polar surface area (TPSA) is 43.4 Å². The van der Waals surface area contributed by atoms with E-state index in [1.807, 2.05) is 30.3 Å². The lowest BCUT2D eigenvalue weighted by Gasteiger charge is -2.33. The summed E-state index contributed by atoms with van der Waals surface area (Å²) in [5.74, 6) is -0.153. The van der Waals surface area contributed by atoms with E-state index in [4.69, 9.17) is 4.74 Å². The number of thioether (sulfide) groups is 1. The molecule has 1 heterocycles. The van der Waals surface area contributed by atoms with Gasteiger partial charge in [-0.2, -0.15) is 0 Å². The van der Waals surface area contributed by atoms with E-state index in [-0.39, 0.29) is 11.7 Å². The molecule has 4 heteroatoms. The summed E-state index contributed by atoms with van der Waals surface area (Å²) in [5, 5.41) is 0. The highest BCUT2D eigenvalue weighted by atomic mass is 32.2. The molecule has 0 saturated heterocycles. The van der Waals surface area contributed by atoms with Crippen molar-refractivity contribution in [3.05, 3.63) is 71.3 Å². The minimum absolute atomic E-state index is 0.0370. The number of ether oxygens (including phenoxy) is 1. The quantitative estimate of drug-likeness (QED) is 0.671. The lowest BCUT2D eigenvalue weighted by Crippen LogP contribution is -2.34. The summed E-state index contributed by atoms with van der Waals surface area (Å²) in [6, 6.07) is 17.6. The van der Waals surface area contributed by atoms with Gasteiger partial charge in [-0.3, -0.25) is 9.59 Å². The molecule has 1 fully saturated rings. The van der Waals surface area contributed by atoms with Crippen molar-refractivity contribution in [2.75, 3.05) is 0 Å². The SMILES string of the molecule is O=C1C(=O)c2ccccc2C2=C1[C@H]1CCCCC[C@@]1(Sc1ccccc1)O2. The Labute approximate surface area is 162 Å². The number of benzene rings is 2. The fraction of sp³-hybridized carbons (Fsp3) is 0.304. The number of carbonyl (C=O) groups is 2. The third-order valence-electron chi connectivity index (χ3n) is 5.82. The van der Waals surface area contributed by atoms with Crippen molar-refractivity contribution < 1.29 is 14.3 Å². The van der Waals surface area contributed by atoms with Crippen LogP contribution in [0.5, 0.6) is 0 Å². The molecule has 27 heavy (non-hydrogen) atoms. The van der Waals surface area contributed by atoms with Crippen LogP contribution in [0.25, 0.3) is 5.76 Å². The summed E-state index contributed by atoms with van der Waals surface area (Å²) in [7, 11) is 0. The second-order valence-corrected chi connectivity index (χ2v) is 8.79. The average molecular weight is 376 g/mol. The van der Waals surface area contributed by atoms with Gasteiger partial charge >= 0.3 is 0 Å². The Kier molecular flexibility index (Phi) is 3.97. The van der Waals surface area contributed by atoms with Crippen molar-refractivity contribution in [3.63, 3.8) is 0 Å². The van der Waals surface area contributed by atoms with E-state index in [2.05, 4.69) is 12.1 Å². The summed E-state index contributed by atoms with van der Waals surface area (Å²) in [5.41, 5.74) is 1.86. The van der Waals surface area contributed by atoms with E-state index in [1.54, 1.807) is 23.9 Å². The average Bonchev–Trinajstić information content (AvgIpc) is 2.87. The highest BCUT2D eigenvalue weighted by Crippen LogP contribution is 2.58. The van der Waals surface area contributed by atoms with Crippen molar-refractivity contribution in [2.45, 2.75) is 41.9 Å². The van der Waals surface area contributed by atoms with Crippen molar-refractivity contribution in [1.82, 2.24) is 0 Å². The Morgan fingerprint density at radius 2 is 1.59 bits per heavy atom. The highest BCUT2D eigenvalue weighted by molar-refractivity contribution is 8.00. The molecule has 3 aliphatic rings. The third kappa shape index (κ3) is 2.58. The molecule has 2 aliphatic carbocycles. The first-order chi connectivity index (χ1) is 13.2. The molecule has 136 valence electrons. The van der Waals surface area contributed by atoms with Crippen LogP contribution in [0.1, 0.15) is 48.0 Å². The molecule has 0 radical (unpaired) electrons. The predicted octanol–water partition coefficient (Wildman–Crippen LogP) is 5.26. The van der Waals surface area contributed by atoms with Crippen molar-refractivity contribution in [3.8, 4) is 0 Å². The Morgan fingerprint density at radius 1 is 0.852 bits per heavy atom. The maximum absolute atomic E-state index is 13.0. The summed E-state index contributed by atoms with van der Waals surface area (Å²) in [6.07, 6.45) is 5.04. The van der Waals surface area contributed by atoms with Gasteiger partial charge in [0.05, 0.1) is 5.57 Å². The summed E-state index contributed by atoms with van der Waals surface area (Å²) in [6.45, 7) is 0. The van der Waals surface area contributed by atoms with Crippen LogP contribution >= 0.6 is 11.8 Å². The molecule has 2 aromatic carbocycles. The van der Waals surface area contributed by atoms with Crippen LogP contribution in [0.2, 0.25) is 0 Å². The standard InChI is InChI=1S/C23H20O3S/c24-20-16-11-6-7-12-17(16)22-19(21(20)25)18-13-5-2-8-14-23(18,26-22)27-15-9-3-1-4-10-15/h1,3-4,6-7,9-12,18H,2,5,8,13-14H2/t18-,23+/m1/s1. The number of carbonyl (C=O) groups excluding carboxylic acids is 2. The van der Waals surface area contributed by atoms with Crippen LogP contribution in [-0.4, -0.2) is 16.5 Å². The molecule has 0 spiro atoms.